The van der Waals surface area contributed by atoms with E-state index in [9.17, 15) is 0 Å². The largest absolute Gasteiger partial charge is 0.331 e. The summed E-state index contributed by atoms with van der Waals surface area (Å²) in [7, 11) is 4.28. The Labute approximate surface area is 114 Å². The molecule has 0 radical (unpaired) electrons. The normalized spacial score (nSPS) is 21.1. The van der Waals surface area contributed by atoms with Crippen LogP contribution in [0.5, 0.6) is 0 Å². The highest BCUT2D eigenvalue weighted by atomic mass is 15.2. The van der Waals surface area contributed by atoms with Crippen LogP contribution in [0.25, 0.3) is 11.0 Å². The maximum absolute atomic E-state index is 4.55. The molecule has 0 aliphatic carbocycles. The average molecular weight is 258 g/mol. The zero-order valence-electron chi connectivity index (χ0n) is 12.0. The van der Waals surface area contributed by atoms with Gasteiger partial charge in [-0.2, -0.15) is 0 Å². The molecule has 2 heterocycles. The Balaban J connectivity index is 1.83. The third kappa shape index (κ3) is 2.51. The van der Waals surface area contributed by atoms with Crippen molar-refractivity contribution in [2.75, 3.05) is 26.7 Å². The molecule has 1 aliphatic heterocycles. The van der Waals surface area contributed by atoms with Gasteiger partial charge >= 0.3 is 0 Å². The predicted octanol–water partition coefficient (Wildman–Crippen LogP) is 1.33. The molecule has 1 aromatic carbocycles. The summed E-state index contributed by atoms with van der Waals surface area (Å²) < 4.78 is 2.17. The third-order valence-corrected chi connectivity index (χ3v) is 4.11. The van der Waals surface area contributed by atoms with E-state index in [1.165, 1.54) is 11.1 Å². The van der Waals surface area contributed by atoms with Crippen molar-refractivity contribution in [2.45, 2.75) is 19.4 Å². The highest BCUT2D eigenvalue weighted by Crippen LogP contribution is 2.18. The van der Waals surface area contributed by atoms with Gasteiger partial charge in [0.05, 0.1) is 11.0 Å². The van der Waals surface area contributed by atoms with Crippen LogP contribution >= 0.6 is 0 Å². The van der Waals surface area contributed by atoms with E-state index in [1.807, 2.05) is 0 Å². The number of fused-ring (bicyclic) bond motifs is 1. The summed E-state index contributed by atoms with van der Waals surface area (Å²) in [6.07, 6.45) is 1.09. The van der Waals surface area contributed by atoms with Crippen molar-refractivity contribution in [1.29, 1.82) is 0 Å². The lowest BCUT2D eigenvalue weighted by molar-refractivity contribution is 0.238. The van der Waals surface area contributed by atoms with Crippen molar-refractivity contribution in [2.24, 2.45) is 7.05 Å². The SMILES string of the molecule is Cc1nc2ccc(CC3CN(C)CCN3)cc2n1C. The number of nitrogens with one attached hydrogen (secondary N) is 1. The van der Waals surface area contributed by atoms with Gasteiger partial charge in [-0.1, -0.05) is 6.07 Å². The quantitative estimate of drug-likeness (QED) is 0.882. The molecule has 1 fully saturated rings. The monoisotopic (exact) mass is 258 g/mol. The second-order valence-corrected chi connectivity index (χ2v) is 5.66. The number of aromatic nitrogens is 2. The van der Waals surface area contributed by atoms with Crippen molar-refractivity contribution in [3.8, 4) is 0 Å². The molecule has 19 heavy (non-hydrogen) atoms. The molecular formula is C15H22N4. The number of nitrogens with zero attached hydrogens (tertiary/aromatic N) is 3. The molecule has 1 aliphatic rings. The number of aryl methyl sites for hydroxylation is 2. The number of likely N-dealkylation sites (N-methyl/N-ethyl adjacent to an activating group) is 1. The lowest BCUT2D eigenvalue weighted by Crippen LogP contribution is -2.49. The van der Waals surface area contributed by atoms with Crippen LogP contribution in [0.4, 0.5) is 0 Å². The molecule has 102 valence electrons. The summed E-state index contributed by atoms with van der Waals surface area (Å²) in [6.45, 7) is 5.42. The van der Waals surface area contributed by atoms with Gasteiger partial charge in [-0.25, -0.2) is 4.98 Å². The minimum absolute atomic E-state index is 0.561. The number of hydrogen-bond donors (Lipinski definition) is 1. The smallest absolute Gasteiger partial charge is 0.106 e. The molecule has 0 bridgehead atoms. The van der Waals surface area contributed by atoms with Crippen LogP contribution in [-0.4, -0.2) is 47.2 Å². The van der Waals surface area contributed by atoms with Crippen LogP contribution in [0.3, 0.4) is 0 Å². The maximum atomic E-state index is 4.55. The van der Waals surface area contributed by atoms with E-state index in [2.05, 4.69) is 59.0 Å². The van der Waals surface area contributed by atoms with Gasteiger partial charge in [-0.05, 0) is 38.1 Å². The molecule has 0 amide bonds. The second-order valence-electron chi connectivity index (χ2n) is 5.66. The predicted molar refractivity (Wildman–Crippen MR) is 78.4 cm³/mol. The Hall–Kier alpha value is -1.39. The number of benzene rings is 1. The van der Waals surface area contributed by atoms with Crippen molar-refractivity contribution in [3.05, 3.63) is 29.6 Å². The Bertz CT molecular complexity index is 587. The molecule has 1 N–H and O–H groups in total. The Morgan fingerprint density at radius 2 is 2.21 bits per heavy atom. The Morgan fingerprint density at radius 1 is 1.37 bits per heavy atom. The van der Waals surface area contributed by atoms with Gasteiger partial charge in [0.2, 0.25) is 0 Å². The van der Waals surface area contributed by atoms with E-state index in [0.29, 0.717) is 6.04 Å². The molecule has 4 nitrogen and oxygen atoms in total. The van der Waals surface area contributed by atoms with Crippen LogP contribution < -0.4 is 5.32 Å². The van der Waals surface area contributed by atoms with Crippen molar-refractivity contribution in [1.82, 2.24) is 19.8 Å². The van der Waals surface area contributed by atoms with Gasteiger partial charge < -0.3 is 14.8 Å². The molecular weight excluding hydrogens is 236 g/mol. The highest BCUT2D eigenvalue weighted by Gasteiger charge is 2.17. The van der Waals surface area contributed by atoms with Crippen LogP contribution in [0.2, 0.25) is 0 Å². The number of imidazole rings is 1. The zero-order valence-corrected chi connectivity index (χ0v) is 12.0. The molecule has 1 aromatic heterocycles. The lowest BCUT2D eigenvalue weighted by Gasteiger charge is -2.31. The second kappa shape index (κ2) is 4.94. The molecule has 3 rings (SSSR count). The summed E-state index contributed by atoms with van der Waals surface area (Å²) in [4.78, 5) is 6.95. The van der Waals surface area contributed by atoms with Crippen molar-refractivity contribution in [3.63, 3.8) is 0 Å². The standard InChI is InChI=1S/C15H22N4/c1-11-17-14-5-4-12(9-15(14)19(11)3)8-13-10-18(2)7-6-16-13/h4-5,9,13,16H,6-8,10H2,1-3H3. The van der Waals surface area contributed by atoms with E-state index in [0.717, 1.165) is 37.4 Å². The van der Waals surface area contributed by atoms with Gasteiger partial charge in [0.25, 0.3) is 0 Å². The van der Waals surface area contributed by atoms with Crippen LogP contribution in [-0.2, 0) is 13.5 Å². The number of piperazine rings is 1. The summed E-state index contributed by atoms with van der Waals surface area (Å²) in [6, 6.07) is 7.20. The van der Waals surface area contributed by atoms with E-state index >= 15 is 0 Å². The van der Waals surface area contributed by atoms with Gasteiger partial charge in [-0.15, -0.1) is 0 Å². The third-order valence-electron chi connectivity index (χ3n) is 4.11. The van der Waals surface area contributed by atoms with E-state index in [1.54, 1.807) is 0 Å². The molecule has 4 heteroatoms. The van der Waals surface area contributed by atoms with E-state index < -0.39 is 0 Å². The molecule has 0 spiro atoms. The lowest BCUT2D eigenvalue weighted by atomic mass is 10.0. The van der Waals surface area contributed by atoms with Crippen LogP contribution in [0.1, 0.15) is 11.4 Å². The average Bonchev–Trinajstić information content (AvgIpc) is 2.66. The molecule has 1 saturated heterocycles. The number of hydrogen-bond acceptors (Lipinski definition) is 3. The van der Waals surface area contributed by atoms with Gasteiger partial charge in [0, 0.05) is 32.7 Å². The van der Waals surface area contributed by atoms with Gasteiger partial charge in [-0.3, -0.25) is 0 Å². The summed E-state index contributed by atoms with van der Waals surface area (Å²) >= 11 is 0. The first-order valence-electron chi connectivity index (χ1n) is 6.97. The first-order chi connectivity index (χ1) is 9.13. The molecule has 0 saturated carbocycles. The molecule has 1 unspecified atom stereocenters. The summed E-state index contributed by atoms with van der Waals surface area (Å²) in [5.74, 6) is 1.07. The minimum Gasteiger partial charge on any atom is -0.331 e. The Morgan fingerprint density at radius 3 is 3.00 bits per heavy atom. The molecule has 2 aromatic rings. The first-order valence-corrected chi connectivity index (χ1v) is 6.97. The van der Waals surface area contributed by atoms with Crippen molar-refractivity contribution >= 4 is 11.0 Å². The van der Waals surface area contributed by atoms with Gasteiger partial charge in [0.15, 0.2) is 0 Å². The van der Waals surface area contributed by atoms with E-state index in [4.69, 9.17) is 0 Å². The van der Waals surface area contributed by atoms with Crippen molar-refractivity contribution < 1.29 is 0 Å². The highest BCUT2D eigenvalue weighted by molar-refractivity contribution is 5.76. The fourth-order valence-electron chi connectivity index (χ4n) is 2.90. The molecule has 1 atom stereocenters. The summed E-state index contributed by atoms with van der Waals surface area (Å²) in [5.41, 5.74) is 3.72. The minimum atomic E-state index is 0.561. The maximum Gasteiger partial charge on any atom is 0.106 e. The zero-order chi connectivity index (χ0) is 13.4. The van der Waals surface area contributed by atoms with E-state index in [-0.39, 0.29) is 0 Å². The fraction of sp³-hybridized carbons (Fsp3) is 0.533. The van der Waals surface area contributed by atoms with Crippen LogP contribution in [0.15, 0.2) is 18.2 Å². The first kappa shape index (κ1) is 12.6. The van der Waals surface area contributed by atoms with Crippen LogP contribution in [0, 0.1) is 6.92 Å². The summed E-state index contributed by atoms with van der Waals surface area (Å²) in [5, 5.41) is 3.60. The Kier molecular flexibility index (Phi) is 3.29. The van der Waals surface area contributed by atoms with Gasteiger partial charge in [0.1, 0.15) is 5.82 Å². The topological polar surface area (TPSA) is 33.1 Å². The fourth-order valence-corrected chi connectivity index (χ4v) is 2.90. The number of rotatable bonds is 2.